The number of unbranched alkanes of at least 4 members (excludes halogenated alkanes) is 12. The highest BCUT2D eigenvalue weighted by molar-refractivity contribution is 5.96. The lowest BCUT2D eigenvalue weighted by Gasteiger charge is -2.13. The van der Waals surface area contributed by atoms with Crippen molar-refractivity contribution < 1.29 is 38.1 Å². The molecule has 0 N–H and O–H groups in total. The van der Waals surface area contributed by atoms with Crippen LogP contribution in [0, 0.1) is 13.8 Å². The quantitative estimate of drug-likeness (QED) is 0.0300. The summed E-state index contributed by atoms with van der Waals surface area (Å²) in [6.45, 7) is 7.85. The molecule has 0 atom stereocenters. The van der Waals surface area contributed by atoms with Crippen LogP contribution >= 0.6 is 0 Å². The molecule has 74 heavy (non-hydrogen) atoms. The van der Waals surface area contributed by atoms with Gasteiger partial charge in [-0.25, -0.2) is 19.2 Å². The minimum Gasteiger partial charge on any atom is -0.423 e. The summed E-state index contributed by atoms with van der Waals surface area (Å²) in [5.41, 5.74) is 8.77. The predicted octanol–water partition coefficient (Wildman–Crippen LogP) is 17.1. The van der Waals surface area contributed by atoms with Gasteiger partial charge in [0.1, 0.15) is 23.0 Å². The molecule has 7 aromatic rings. The monoisotopic (exact) mass is 991 g/mol. The van der Waals surface area contributed by atoms with E-state index in [0.29, 0.717) is 22.3 Å². The van der Waals surface area contributed by atoms with Crippen LogP contribution in [0.3, 0.4) is 0 Å². The fourth-order valence-corrected chi connectivity index (χ4v) is 9.03. The summed E-state index contributed by atoms with van der Waals surface area (Å²) in [5.74, 6) is -1.79. The summed E-state index contributed by atoms with van der Waals surface area (Å²) in [5, 5.41) is 0. The first-order valence-corrected chi connectivity index (χ1v) is 26.7. The van der Waals surface area contributed by atoms with Gasteiger partial charge in [0.15, 0.2) is 0 Å². The second kappa shape index (κ2) is 28.0. The van der Waals surface area contributed by atoms with E-state index in [0.717, 1.165) is 35.1 Å². The van der Waals surface area contributed by atoms with Gasteiger partial charge in [-0.1, -0.05) is 182 Å². The Hall–Kier alpha value is -7.58. The van der Waals surface area contributed by atoms with E-state index >= 15 is 0 Å². The molecule has 0 amide bonds. The lowest BCUT2D eigenvalue weighted by Crippen LogP contribution is -2.14. The molecule has 8 heteroatoms. The number of carbonyl (C=O) groups excluding carboxylic acids is 4. The Morgan fingerprint density at radius 1 is 0.338 bits per heavy atom. The van der Waals surface area contributed by atoms with Crippen LogP contribution in [0.4, 0.5) is 0 Å². The van der Waals surface area contributed by atoms with Gasteiger partial charge < -0.3 is 18.9 Å². The van der Waals surface area contributed by atoms with Crippen LogP contribution in [-0.4, -0.2) is 23.9 Å². The molecule has 0 aliphatic heterocycles. The average molecular weight is 991 g/mol. The largest absolute Gasteiger partial charge is 0.423 e. The minimum absolute atomic E-state index is 0.131. The molecule has 0 unspecified atom stereocenters. The van der Waals surface area contributed by atoms with Crippen molar-refractivity contribution >= 4 is 23.9 Å². The summed E-state index contributed by atoms with van der Waals surface area (Å²) < 4.78 is 23.0. The summed E-state index contributed by atoms with van der Waals surface area (Å²) >= 11 is 0. The SMILES string of the molecule is CCCCCCCCCc1ccc(-c2ccc(C(=O)Oc3cccc(C(=O)Oc4cccc(OC(=O)c5cccc(OC(=O)c6ccc(-c7ccc(CCCCCCCCC)cc7)cc6)c5C)c4)c3C)cc2)cc1. The van der Waals surface area contributed by atoms with Gasteiger partial charge >= 0.3 is 23.9 Å². The number of esters is 4. The zero-order valence-electron chi connectivity index (χ0n) is 43.6. The number of carbonyl (C=O) groups is 4. The van der Waals surface area contributed by atoms with E-state index in [1.165, 1.54) is 107 Å². The molecule has 0 heterocycles. The van der Waals surface area contributed by atoms with Gasteiger partial charge in [0, 0.05) is 17.2 Å². The fraction of sp³-hybridized carbons (Fsp3) is 0.303. The van der Waals surface area contributed by atoms with Gasteiger partial charge in [-0.15, -0.1) is 0 Å². The highest BCUT2D eigenvalue weighted by Crippen LogP contribution is 2.30. The Balaban J connectivity index is 0.889. The molecular formula is C66H70O8. The van der Waals surface area contributed by atoms with E-state index in [1.807, 2.05) is 24.3 Å². The van der Waals surface area contributed by atoms with Gasteiger partial charge in [0.05, 0.1) is 22.3 Å². The summed E-state index contributed by atoms with van der Waals surface area (Å²) in [6, 6.07) is 47.6. The van der Waals surface area contributed by atoms with Gasteiger partial charge in [-0.3, -0.25) is 0 Å². The topological polar surface area (TPSA) is 105 Å². The molecule has 8 nitrogen and oxygen atoms in total. The Kier molecular flexibility index (Phi) is 20.5. The average Bonchev–Trinajstić information content (AvgIpc) is 3.42. The van der Waals surface area contributed by atoms with Gasteiger partial charge in [0.25, 0.3) is 0 Å². The predicted molar refractivity (Wildman–Crippen MR) is 296 cm³/mol. The molecule has 7 rings (SSSR count). The summed E-state index contributed by atoms with van der Waals surface area (Å²) in [6.07, 6.45) is 20.2. The van der Waals surface area contributed by atoms with Gasteiger partial charge in [-0.2, -0.15) is 0 Å². The maximum atomic E-state index is 13.5. The second-order valence-electron chi connectivity index (χ2n) is 19.2. The van der Waals surface area contributed by atoms with Crippen molar-refractivity contribution in [2.24, 2.45) is 0 Å². The smallest absolute Gasteiger partial charge is 0.343 e. The van der Waals surface area contributed by atoms with Gasteiger partial charge in [0.2, 0.25) is 0 Å². The fourth-order valence-electron chi connectivity index (χ4n) is 9.03. The van der Waals surface area contributed by atoms with Crippen LogP contribution in [0.15, 0.2) is 158 Å². The molecular weight excluding hydrogens is 921 g/mol. The van der Waals surface area contributed by atoms with E-state index < -0.39 is 23.9 Å². The molecule has 0 aromatic heterocycles. The first-order chi connectivity index (χ1) is 36.1. The first-order valence-electron chi connectivity index (χ1n) is 26.7. The van der Waals surface area contributed by atoms with Gasteiger partial charge in [-0.05, 0) is 134 Å². The molecule has 0 bridgehead atoms. The lowest BCUT2D eigenvalue weighted by atomic mass is 10.00. The third-order valence-corrected chi connectivity index (χ3v) is 13.6. The Morgan fingerprint density at radius 2 is 0.662 bits per heavy atom. The number of hydrogen-bond donors (Lipinski definition) is 0. The molecule has 0 aliphatic rings. The highest BCUT2D eigenvalue weighted by atomic mass is 16.6. The van der Waals surface area contributed by atoms with Crippen molar-refractivity contribution in [1.29, 1.82) is 0 Å². The van der Waals surface area contributed by atoms with Crippen molar-refractivity contribution in [2.45, 2.75) is 130 Å². The molecule has 0 radical (unpaired) electrons. The van der Waals surface area contributed by atoms with Crippen LogP contribution in [0.25, 0.3) is 22.3 Å². The molecule has 382 valence electrons. The Bertz CT molecular complexity index is 2740. The van der Waals surface area contributed by atoms with Crippen LogP contribution in [-0.2, 0) is 12.8 Å². The van der Waals surface area contributed by atoms with E-state index in [2.05, 4.69) is 62.4 Å². The van der Waals surface area contributed by atoms with Crippen molar-refractivity contribution in [1.82, 2.24) is 0 Å². The van der Waals surface area contributed by atoms with Crippen molar-refractivity contribution in [3.05, 3.63) is 202 Å². The Morgan fingerprint density at radius 3 is 1.03 bits per heavy atom. The number of aryl methyl sites for hydroxylation is 2. The zero-order chi connectivity index (χ0) is 52.1. The summed E-state index contributed by atoms with van der Waals surface area (Å²) in [4.78, 5) is 53.6. The van der Waals surface area contributed by atoms with Crippen LogP contribution in [0.5, 0.6) is 23.0 Å². The van der Waals surface area contributed by atoms with Crippen LogP contribution in [0.2, 0.25) is 0 Å². The van der Waals surface area contributed by atoms with Crippen molar-refractivity contribution in [3.8, 4) is 45.3 Å². The normalized spacial score (nSPS) is 11.0. The highest BCUT2D eigenvalue weighted by Gasteiger charge is 2.21. The third kappa shape index (κ3) is 15.7. The maximum absolute atomic E-state index is 13.5. The van der Waals surface area contributed by atoms with Crippen LogP contribution < -0.4 is 18.9 Å². The number of hydrogen-bond acceptors (Lipinski definition) is 8. The zero-order valence-corrected chi connectivity index (χ0v) is 43.6. The molecule has 0 fully saturated rings. The van der Waals surface area contributed by atoms with E-state index in [1.54, 1.807) is 92.7 Å². The number of ether oxygens (including phenoxy) is 4. The molecule has 0 spiro atoms. The van der Waals surface area contributed by atoms with Crippen molar-refractivity contribution in [3.63, 3.8) is 0 Å². The number of rotatable bonds is 26. The lowest BCUT2D eigenvalue weighted by molar-refractivity contribution is 0.0706. The number of benzene rings is 7. The Labute approximate surface area is 438 Å². The molecule has 0 saturated heterocycles. The van der Waals surface area contributed by atoms with Crippen LogP contribution in [0.1, 0.15) is 167 Å². The standard InChI is InChI=1S/C66H70O8/c1-5-7-9-11-13-15-17-22-49-30-34-51(35-31-49)53-38-42-55(43-39-53)63(67)73-61-28-20-26-59(47(61)3)65(69)71-57-24-19-25-58(46-57)72-66(70)60-27-21-29-62(48(60)4)74-64(68)56-44-40-54(41-45-56)52-36-32-50(33-37-52)23-18-16-14-12-10-8-6-2/h19-21,24-46H,5-18,22-23H2,1-4H3. The molecule has 0 saturated carbocycles. The summed E-state index contributed by atoms with van der Waals surface area (Å²) in [7, 11) is 0. The third-order valence-electron chi connectivity index (χ3n) is 13.6. The van der Waals surface area contributed by atoms with Crippen molar-refractivity contribution in [2.75, 3.05) is 0 Å². The van der Waals surface area contributed by atoms with E-state index in [-0.39, 0.29) is 34.1 Å². The van der Waals surface area contributed by atoms with E-state index in [4.69, 9.17) is 18.9 Å². The molecule has 0 aliphatic carbocycles. The first kappa shape index (κ1) is 54.2. The maximum Gasteiger partial charge on any atom is 0.343 e. The van der Waals surface area contributed by atoms with E-state index in [9.17, 15) is 19.2 Å². The second-order valence-corrected chi connectivity index (χ2v) is 19.2. The minimum atomic E-state index is -0.690. The molecule has 7 aromatic carbocycles.